The fourth-order valence-electron chi connectivity index (χ4n) is 1.08. The first-order valence-corrected chi connectivity index (χ1v) is 4.85. The monoisotopic (exact) mass is 241 g/mol. The maximum atomic E-state index is 4.23. The second-order valence-corrected chi connectivity index (χ2v) is 4.40. The topological polar surface area (TPSA) is 56.0 Å². The maximum absolute atomic E-state index is 4.23. The predicted molar refractivity (Wildman–Crippen MR) is 50.7 cm³/mol. The van der Waals surface area contributed by atoms with Crippen molar-refractivity contribution in [3.05, 3.63) is 17.8 Å². The molecule has 68 valence electrons. The molecule has 13 heavy (non-hydrogen) atoms. The number of hydrogen-bond donors (Lipinski definition) is 0. The molecule has 0 aliphatic heterocycles. The molecular formula is C7H8BrN5. The van der Waals surface area contributed by atoms with E-state index in [1.54, 1.807) is 0 Å². The van der Waals surface area contributed by atoms with Crippen molar-refractivity contribution in [1.82, 2.24) is 25.3 Å². The number of alkyl halides is 1. The zero-order valence-electron chi connectivity index (χ0n) is 7.05. The van der Waals surface area contributed by atoms with Crippen LogP contribution >= 0.6 is 15.9 Å². The van der Waals surface area contributed by atoms with Crippen LogP contribution in [0.1, 0.15) is 12.6 Å². The van der Waals surface area contributed by atoms with Crippen molar-refractivity contribution in [3.63, 3.8) is 0 Å². The van der Waals surface area contributed by atoms with Crippen LogP contribution in [0.3, 0.4) is 0 Å². The third kappa shape index (κ3) is 1.82. The van der Waals surface area contributed by atoms with Gasteiger partial charge in [0.25, 0.3) is 0 Å². The summed E-state index contributed by atoms with van der Waals surface area (Å²) in [6.07, 6.45) is 0.871. The van der Waals surface area contributed by atoms with E-state index in [1.165, 1.54) is 4.63 Å². The van der Waals surface area contributed by atoms with E-state index in [1.807, 2.05) is 12.1 Å². The van der Waals surface area contributed by atoms with Gasteiger partial charge in [-0.1, -0.05) is 22.9 Å². The van der Waals surface area contributed by atoms with Gasteiger partial charge in [0.05, 0.1) is 5.69 Å². The molecule has 0 fully saturated rings. The summed E-state index contributed by atoms with van der Waals surface area (Å²) in [5.74, 6) is 0. The fourth-order valence-corrected chi connectivity index (χ4v) is 1.42. The van der Waals surface area contributed by atoms with E-state index in [9.17, 15) is 0 Å². The van der Waals surface area contributed by atoms with Gasteiger partial charge in [-0.15, -0.1) is 9.73 Å². The van der Waals surface area contributed by atoms with Gasteiger partial charge in [0.2, 0.25) is 0 Å². The van der Waals surface area contributed by atoms with Gasteiger partial charge in [-0.25, -0.2) is 0 Å². The van der Waals surface area contributed by atoms with Crippen molar-refractivity contribution >= 4 is 21.6 Å². The summed E-state index contributed by atoms with van der Waals surface area (Å²) in [5, 5.41) is 15.2. The van der Waals surface area contributed by atoms with Gasteiger partial charge in [0, 0.05) is 11.2 Å². The standard InChI is InChI=1S/C7H8BrN5/c1-5(8)4-6-2-3-7-9-11-12-13(7)10-6/h2-3,5H,4H2,1H3. The van der Waals surface area contributed by atoms with Crippen molar-refractivity contribution in [3.8, 4) is 0 Å². The van der Waals surface area contributed by atoms with Gasteiger partial charge in [-0.05, 0) is 22.6 Å². The summed E-state index contributed by atoms with van der Waals surface area (Å²) in [6.45, 7) is 2.07. The molecule has 6 heteroatoms. The Labute approximate surface area is 83.3 Å². The molecular weight excluding hydrogens is 234 g/mol. The minimum absolute atomic E-state index is 0.411. The molecule has 0 aliphatic rings. The summed E-state index contributed by atoms with van der Waals surface area (Å²) in [5.41, 5.74) is 1.65. The molecule has 0 saturated carbocycles. The Balaban J connectivity index is 2.37. The van der Waals surface area contributed by atoms with Gasteiger partial charge in [-0.2, -0.15) is 5.10 Å². The molecule has 0 saturated heterocycles. The van der Waals surface area contributed by atoms with Crippen LogP contribution in [0, 0.1) is 0 Å². The minimum Gasteiger partial charge on any atom is -0.152 e. The quantitative estimate of drug-likeness (QED) is 0.732. The molecule has 0 radical (unpaired) electrons. The second-order valence-electron chi connectivity index (χ2n) is 2.84. The molecule has 2 rings (SSSR count). The van der Waals surface area contributed by atoms with E-state index >= 15 is 0 Å². The molecule has 1 atom stereocenters. The zero-order valence-corrected chi connectivity index (χ0v) is 8.64. The van der Waals surface area contributed by atoms with Crippen LogP contribution in [0.15, 0.2) is 12.1 Å². The Morgan fingerprint density at radius 1 is 1.54 bits per heavy atom. The highest BCUT2D eigenvalue weighted by Gasteiger charge is 2.03. The van der Waals surface area contributed by atoms with E-state index in [2.05, 4.69) is 43.5 Å². The van der Waals surface area contributed by atoms with Crippen molar-refractivity contribution in [2.45, 2.75) is 18.2 Å². The third-order valence-corrected chi connectivity index (χ3v) is 1.94. The lowest BCUT2D eigenvalue weighted by Crippen LogP contribution is -2.04. The normalized spacial score (nSPS) is 13.4. The van der Waals surface area contributed by atoms with Gasteiger partial charge < -0.3 is 0 Å². The molecule has 2 aromatic rings. The highest BCUT2D eigenvalue weighted by Crippen LogP contribution is 2.06. The molecule has 2 heterocycles. The molecule has 0 N–H and O–H groups in total. The highest BCUT2D eigenvalue weighted by atomic mass is 79.9. The van der Waals surface area contributed by atoms with Crippen molar-refractivity contribution in [2.75, 3.05) is 0 Å². The third-order valence-electron chi connectivity index (χ3n) is 1.62. The van der Waals surface area contributed by atoms with E-state index in [4.69, 9.17) is 0 Å². The second kappa shape index (κ2) is 3.37. The number of hydrogen-bond acceptors (Lipinski definition) is 4. The van der Waals surface area contributed by atoms with Gasteiger partial charge >= 0.3 is 0 Å². The Morgan fingerprint density at radius 3 is 3.15 bits per heavy atom. The predicted octanol–water partition coefficient (Wildman–Crippen LogP) is 0.845. The summed E-state index contributed by atoms with van der Waals surface area (Å²) in [6, 6.07) is 3.79. The molecule has 0 bridgehead atoms. The van der Waals surface area contributed by atoms with Gasteiger partial charge in [0.1, 0.15) is 0 Å². The van der Waals surface area contributed by atoms with Crippen LogP contribution in [-0.2, 0) is 6.42 Å². The van der Waals surface area contributed by atoms with Crippen molar-refractivity contribution in [1.29, 1.82) is 0 Å². The van der Waals surface area contributed by atoms with E-state index in [-0.39, 0.29) is 0 Å². The van der Waals surface area contributed by atoms with Crippen LogP contribution in [0.2, 0.25) is 0 Å². The van der Waals surface area contributed by atoms with Crippen LogP contribution in [0.5, 0.6) is 0 Å². The number of fused-ring (bicyclic) bond motifs is 1. The van der Waals surface area contributed by atoms with Crippen LogP contribution in [-0.4, -0.2) is 30.1 Å². The summed E-state index contributed by atoms with van der Waals surface area (Å²) in [7, 11) is 0. The zero-order chi connectivity index (χ0) is 9.26. The Hall–Kier alpha value is -1.04. The number of rotatable bonds is 2. The lowest BCUT2D eigenvalue weighted by Gasteiger charge is -2.00. The van der Waals surface area contributed by atoms with Crippen molar-refractivity contribution < 1.29 is 0 Å². The Morgan fingerprint density at radius 2 is 2.38 bits per heavy atom. The fraction of sp³-hybridized carbons (Fsp3) is 0.429. The molecule has 0 amide bonds. The van der Waals surface area contributed by atoms with Crippen LogP contribution < -0.4 is 0 Å². The summed E-state index contributed by atoms with van der Waals surface area (Å²) >= 11 is 3.46. The lowest BCUT2D eigenvalue weighted by molar-refractivity contribution is 0.705. The first kappa shape index (κ1) is 8.55. The molecule has 0 aromatic carbocycles. The number of halogens is 1. The van der Waals surface area contributed by atoms with Crippen LogP contribution in [0.4, 0.5) is 0 Å². The smallest absolute Gasteiger partial charge is 0.152 e. The number of nitrogens with zero attached hydrogens (tertiary/aromatic N) is 5. The Kier molecular flexibility index (Phi) is 2.22. The minimum atomic E-state index is 0.411. The first-order chi connectivity index (χ1) is 6.25. The maximum Gasteiger partial charge on any atom is 0.199 e. The largest absolute Gasteiger partial charge is 0.199 e. The van der Waals surface area contributed by atoms with E-state index in [0.717, 1.165) is 12.1 Å². The van der Waals surface area contributed by atoms with Crippen LogP contribution in [0.25, 0.3) is 5.65 Å². The summed E-state index contributed by atoms with van der Waals surface area (Å²) < 4.78 is 1.44. The van der Waals surface area contributed by atoms with Gasteiger partial charge in [0.15, 0.2) is 5.65 Å². The highest BCUT2D eigenvalue weighted by molar-refractivity contribution is 9.09. The van der Waals surface area contributed by atoms with Gasteiger partial charge in [-0.3, -0.25) is 0 Å². The van der Waals surface area contributed by atoms with E-state index < -0.39 is 0 Å². The average molecular weight is 242 g/mol. The van der Waals surface area contributed by atoms with E-state index in [0.29, 0.717) is 10.5 Å². The number of tetrazole rings is 1. The molecule has 1 unspecified atom stereocenters. The molecule has 5 nitrogen and oxygen atoms in total. The Bertz CT molecular complexity index is 410. The molecule has 0 aliphatic carbocycles. The summed E-state index contributed by atoms with van der Waals surface area (Å²) in [4.78, 5) is 0.411. The lowest BCUT2D eigenvalue weighted by atomic mass is 10.2. The molecule has 0 spiro atoms. The first-order valence-electron chi connectivity index (χ1n) is 3.94. The molecule has 2 aromatic heterocycles. The SMILES string of the molecule is CC(Br)Cc1ccc2nnnn2n1. The number of aromatic nitrogens is 5. The average Bonchev–Trinajstić information content (AvgIpc) is 2.49. The van der Waals surface area contributed by atoms with Crippen molar-refractivity contribution in [2.24, 2.45) is 0 Å².